The molecule has 3 N–H and O–H groups in total. The summed E-state index contributed by atoms with van der Waals surface area (Å²) in [7, 11) is 0. The third kappa shape index (κ3) is 3.32. The van der Waals surface area contributed by atoms with Gasteiger partial charge in [-0.05, 0) is 31.1 Å². The highest BCUT2D eigenvalue weighted by Gasteiger charge is 2.39. The second-order valence-electron chi connectivity index (χ2n) is 6.32. The summed E-state index contributed by atoms with van der Waals surface area (Å²) in [6, 6.07) is -0.544. The van der Waals surface area contributed by atoms with Crippen molar-refractivity contribution in [3.63, 3.8) is 0 Å². The zero-order valence-electron chi connectivity index (χ0n) is 12.4. The Kier molecular flexibility index (Phi) is 5.02. The van der Waals surface area contributed by atoms with Crippen LogP contribution in [0.4, 0.5) is 0 Å². The van der Waals surface area contributed by atoms with Gasteiger partial charge in [0.2, 0.25) is 5.91 Å². The third-order valence-corrected chi connectivity index (χ3v) is 4.96. The maximum atomic E-state index is 12.3. The van der Waals surface area contributed by atoms with Crippen molar-refractivity contribution in [3.8, 4) is 0 Å². The van der Waals surface area contributed by atoms with E-state index >= 15 is 0 Å². The minimum atomic E-state index is -0.942. The number of carboxylic acids is 1. The first-order valence-electron chi connectivity index (χ1n) is 7.82. The lowest BCUT2D eigenvalue weighted by Crippen LogP contribution is -2.51. The predicted octanol–water partition coefficient (Wildman–Crippen LogP) is 1.52. The second kappa shape index (κ2) is 6.57. The minimum absolute atomic E-state index is 0.0554. The van der Waals surface area contributed by atoms with Gasteiger partial charge >= 0.3 is 5.97 Å². The summed E-state index contributed by atoms with van der Waals surface area (Å²) in [5.74, 6) is -0.554. The van der Waals surface area contributed by atoms with Gasteiger partial charge in [-0.1, -0.05) is 33.1 Å². The lowest BCUT2D eigenvalue weighted by atomic mass is 9.85. The van der Waals surface area contributed by atoms with Crippen molar-refractivity contribution >= 4 is 11.9 Å². The van der Waals surface area contributed by atoms with Crippen molar-refractivity contribution in [1.29, 1.82) is 0 Å². The molecule has 1 aliphatic carbocycles. The number of carbonyl (C=O) groups is 2. The Bertz CT molecular complexity index is 358. The summed E-state index contributed by atoms with van der Waals surface area (Å²) in [4.78, 5) is 23.6. The van der Waals surface area contributed by atoms with Crippen LogP contribution >= 0.6 is 0 Å². The summed E-state index contributed by atoms with van der Waals surface area (Å²) in [6.45, 7) is 3.80. The van der Waals surface area contributed by atoms with Gasteiger partial charge < -0.3 is 15.7 Å². The van der Waals surface area contributed by atoms with Gasteiger partial charge in [-0.15, -0.1) is 0 Å². The van der Waals surface area contributed by atoms with Crippen molar-refractivity contribution in [2.45, 2.75) is 70.5 Å². The van der Waals surface area contributed by atoms with Crippen molar-refractivity contribution < 1.29 is 14.7 Å². The summed E-state index contributed by atoms with van der Waals surface area (Å²) < 4.78 is 0. The molecule has 0 aromatic heterocycles. The molecule has 0 aromatic carbocycles. The van der Waals surface area contributed by atoms with Crippen molar-refractivity contribution in [2.24, 2.45) is 11.8 Å². The van der Waals surface area contributed by atoms with E-state index in [1.54, 1.807) is 0 Å². The first-order valence-corrected chi connectivity index (χ1v) is 7.82. The highest BCUT2D eigenvalue weighted by Crippen LogP contribution is 2.33. The molecule has 1 saturated carbocycles. The SMILES string of the molecule is CCC(C)C(NC(=O)C1CC2CCCCC2N1)C(=O)O. The van der Waals surface area contributed by atoms with E-state index in [0.29, 0.717) is 12.0 Å². The largest absolute Gasteiger partial charge is 0.480 e. The molecular formula is C15H26N2O3. The molecule has 5 atom stereocenters. The monoisotopic (exact) mass is 282 g/mol. The first kappa shape index (κ1) is 15.3. The van der Waals surface area contributed by atoms with Crippen LogP contribution in [0.3, 0.4) is 0 Å². The van der Waals surface area contributed by atoms with Crippen LogP contribution in [0.1, 0.15) is 52.4 Å². The number of aliphatic carboxylic acids is 1. The molecule has 2 rings (SSSR count). The molecule has 1 heterocycles. The topological polar surface area (TPSA) is 78.4 Å². The second-order valence-corrected chi connectivity index (χ2v) is 6.32. The van der Waals surface area contributed by atoms with Gasteiger partial charge in [-0.3, -0.25) is 4.79 Å². The van der Waals surface area contributed by atoms with E-state index in [9.17, 15) is 14.7 Å². The maximum Gasteiger partial charge on any atom is 0.326 e. The summed E-state index contributed by atoms with van der Waals surface area (Å²) in [6.07, 6.45) is 6.40. The Labute approximate surface area is 120 Å². The van der Waals surface area contributed by atoms with Crippen molar-refractivity contribution in [2.75, 3.05) is 0 Å². The van der Waals surface area contributed by atoms with E-state index in [4.69, 9.17) is 0 Å². The van der Waals surface area contributed by atoms with Crippen LogP contribution in [0.2, 0.25) is 0 Å². The van der Waals surface area contributed by atoms with Crippen LogP contribution in [0.15, 0.2) is 0 Å². The molecule has 0 spiro atoms. The third-order valence-electron chi connectivity index (χ3n) is 4.96. The average molecular weight is 282 g/mol. The molecule has 5 unspecified atom stereocenters. The molecule has 5 heteroatoms. The van der Waals surface area contributed by atoms with E-state index in [2.05, 4.69) is 10.6 Å². The standard InChI is InChI=1S/C15H26N2O3/c1-3-9(2)13(15(19)20)17-14(18)12-8-10-6-4-5-7-11(10)16-12/h9-13,16H,3-8H2,1-2H3,(H,17,18)(H,19,20). The van der Waals surface area contributed by atoms with Crippen molar-refractivity contribution in [3.05, 3.63) is 0 Å². The molecule has 0 aromatic rings. The van der Waals surface area contributed by atoms with Crippen LogP contribution < -0.4 is 10.6 Å². The first-order chi connectivity index (χ1) is 9.52. The number of amides is 1. The average Bonchev–Trinajstić information content (AvgIpc) is 2.87. The van der Waals surface area contributed by atoms with Crippen LogP contribution in [-0.2, 0) is 9.59 Å². The normalized spacial score (nSPS) is 32.2. The molecule has 1 aliphatic heterocycles. The Morgan fingerprint density at radius 3 is 2.65 bits per heavy atom. The molecule has 1 amide bonds. The van der Waals surface area contributed by atoms with E-state index in [-0.39, 0.29) is 17.9 Å². The number of hydrogen-bond donors (Lipinski definition) is 3. The van der Waals surface area contributed by atoms with Gasteiger partial charge in [0.05, 0.1) is 6.04 Å². The van der Waals surface area contributed by atoms with Crippen LogP contribution in [0, 0.1) is 11.8 Å². The zero-order chi connectivity index (χ0) is 14.7. The van der Waals surface area contributed by atoms with Crippen LogP contribution in [0.25, 0.3) is 0 Å². The van der Waals surface area contributed by atoms with Crippen LogP contribution in [-0.4, -0.2) is 35.1 Å². The molecule has 1 saturated heterocycles. The summed E-state index contributed by atoms with van der Waals surface area (Å²) >= 11 is 0. The van der Waals surface area contributed by atoms with Gasteiger partial charge in [0.15, 0.2) is 0 Å². The van der Waals surface area contributed by atoms with Gasteiger partial charge in [-0.2, -0.15) is 0 Å². The molecule has 114 valence electrons. The van der Waals surface area contributed by atoms with E-state index in [0.717, 1.165) is 19.3 Å². The Morgan fingerprint density at radius 2 is 2.05 bits per heavy atom. The number of nitrogens with one attached hydrogen (secondary N) is 2. The number of fused-ring (bicyclic) bond motifs is 1. The number of hydrogen-bond acceptors (Lipinski definition) is 3. The lowest BCUT2D eigenvalue weighted by Gasteiger charge is -2.24. The predicted molar refractivity (Wildman–Crippen MR) is 76.3 cm³/mol. The molecular weight excluding hydrogens is 256 g/mol. The van der Waals surface area contributed by atoms with Gasteiger partial charge in [-0.25, -0.2) is 4.79 Å². The molecule has 5 nitrogen and oxygen atoms in total. The lowest BCUT2D eigenvalue weighted by molar-refractivity contribution is -0.143. The molecule has 2 fully saturated rings. The van der Waals surface area contributed by atoms with E-state index in [1.165, 1.54) is 19.3 Å². The Hall–Kier alpha value is -1.10. The number of carbonyl (C=O) groups excluding carboxylic acids is 1. The Balaban J connectivity index is 1.92. The molecule has 20 heavy (non-hydrogen) atoms. The molecule has 0 bridgehead atoms. The fraction of sp³-hybridized carbons (Fsp3) is 0.867. The zero-order valence-corrected chi connectivity index (χ0v) is 12.4. The smallest absolute Gasteiger partial charge is 0.326 e. The van der Waals surface area contributed by atoms with E-state index < -0.39 is 12.0 Å². The number of rotatable bonds is 5. The molecule has 0 radical (unpaired) electrons. The van der Waals surface area contributed by atoms with Gasteiger partial charge in [0.25, 0.3) is 0 Å². The summed E-state index contributed by atoms with van der Waals surface area (Å²) in [5, 5.41) is 15.3. The summed E-state index contributed by atoms with van der Waals surface area (Å²) in [5.41, 5.74) is 0. The molecule has 2 aliphatic rings. The van der Waals surface area contributed by atoms with Gasteiger partial charge in [0.1, 0.15) is 6.04 Å². The fourth-order valence-electron chi connectivity index (χ4n) is 3.46. The minimum Gasteiger partial charge on any atom is -0.480 e. The highest BCUT2D eigenvalue weighted by molar-refractivity contribution is 5.87. The van der Waals surface area contributed by atoms with Gasteiger partial charge in [0, 0.05) is 6.04 Å². The van der Waals surface area contributed by atoms with E-state index in [1.807, 2.05) is 13.8 Å². The fourth-order valence-corrected chi connectivity index (χ4v) is 3.46. The Morgan fingerprint density at radius 1 is 1.35 bits per heavy atom. The highest BCUT2D eigenvalue weighted by atomic mass is 16.4. The van der Waals surface area contributed by atoms with Crippen LogP contribution in [0.5, 0.6) is 0 Å². The quantitative estimate of drug-likeness (QED) is 0.714. The number of carboxylic acid groups (broad SMARTS) is 1. The maximum absolute atomic E-state index is 12.3. The van der Waals surface area contributed by atoms with Crippen molar-refractivity contribution in [1.82, 2.24) is 10.6 Å².